The normalized spacial score (nSPS) is 25.8. The number of nitrogens with two attached hydrogens (primary N) is 1. The maximum Gasteiger partial charge on any atom is 0.247 e. The van der Waals surface area contributed by atoms with Gasteiger partial charge in [-0.15, -0.1) is 0 Å². The molecule has 3 N–H and O–H groups in total. The minimum atomic E-state index is -0.561. The number of amides is 2. The average molecular weight is 375 g/mol. The van der Waals surface area contributed by atoms with Crippen LogP contribution in [-0.4, -0.2) is 29.3 Å². The molecule has 0 bridgehead atoms. The maximum absolute atomic E-state index is 13.4. The fourth-order valence-electron chi connectivity index (χ4n) is 4.68. The number of fused-ring (bicyclic) bond motifs is 2. The predicted octanol–water partition coefficient (Wildman–Crippen LogP) is 2.26. The summed E-state index contributed by atoms with van der Waals surface area (Å²) < 4.78 is 0. The lowest BCUT2D eigenvalue weighted by atomic mass is 9.91. The first-order valence-electron chi connectivity index (χ1n) is 10.2. The molecule has 0 spiro atoms. The summed E-state index contributed by atoms with van der Waals surface area (Å²) in [7, 11) is 0. The lowest BCUT2D eigenvalue weighted by molar-refractivity contribution is -0.142. The molecule has 1 unspecified atom stereocenters. The Kier molecular flexibility index (Phi) is 4.20. The van der Waals surface area contributed by atoms with Gasteiger partial charge in [0.05, 0.1) is 12.1 Å². The zero-order valence-corrected chi connectivity index (χ0v) is 15.8. The van der Waals surface area contributed by atoms with Crippen molar-refractivity contribution < 1.29 is 9.59 Å². The molecular formula is C23H25N3O2. The average Bonchev–Trinajstić information content (AvgIpc) is 3.52. The number of hydrogen-bond acceptors (Lipinski definition) is 3. The van der Waals surface area contributed by atoms with Crippen molar-refractivity contribution in [3.05, 3.63) is 70.8 Å². The summed E-state index contributed by atoms with van der Waals surface area (Å²) in [5.41, 5.74) is 10.8. The van der Waals surface area contributed by atoms with Crippen molar-refractivity contribution in [2.75, 3.05) is 6.54 Å². The summed E-state index contributed by atoms with van der Waals surface area (Å²) in [6, 6.07) is 15.2. The molecule has 2 aromatic rings. The fourth-order valence-corrected chi connectivity index (χ4v) is 4.68. The highest BCUT2D eigenvalue weighted by atomic mass is 16.2. The molecule has 0 radical (unpaired) electrons. The van der Waals surface area contributed by atoms with Crippen molar-refractivity contribution >= 4 is 11.8 Å². The molecule has 1 saturated carbocycles. The molecule has 144 valence electrons. The summed E-state index contributed by atoms with van der Waals surface area (Å²) in [6.07, 6.45) is 3.41. The number of benzene rings is 2. The smallest absolute Gasteiger partial charge is 0.247 e. The van der Waals surface area contributed by atoms with E-state index in [-0.39, 0.29) is 29.8 Å². The molecule has 5 nitrogen and oxygen atoms in total. The van der Waals surface area contributed by atoms with E-state index in [2.05, 4.69) is 17.4 Å². The Bertz CT molecular complexity index is 937. The molecule has 0 aromatic heterocycles. The molecule has 1 fully saturated rings. The minimum Gasteiger partial charge on any atom is -0.349 e. The molecule has 1 aliphatic heterocycles. The number of rotatable bonds is 3. The van der Waals surface area contributed by atoms with Crippen LogP contribution in [0.5, 0.6) is 0 Å². The largest absolute Gasteiger partial charge is 0.349 e. The van der Waals surface area contributed by atoms with Crippen LogP contribution in [0.2, 0.25) is 0 Å². The van der Waals surface area contributed by atoms with Gasteiger partial charge >= 0.3 is 0 Å². The lowest BCUT2D eigenvalue weighted by Crippen LogP contribution is -2.51. The van der Waals surface area contributed by atoms with Gasteiger partial charge in [0.2, 0.25) is 11.8 Å². The maximum atomic E-state index is 13.4. The van der Waals surface area contributed by atoms with Crippen molar-refractivity contribution in [1.82, 2.24) is 10.2 Å². The lowest BCUT2D eigenvalue weighted by Gasteiger charge is -2.37. The SMILES string of the molecule is N[C@H]1c2ccccc2C[C@@H]1NC(=O)C1c2ccccc2CCN1C(=O)C1CC1. The standard InChI is InChI=1S/C23H25N3O2/c24-20-17-7-3-2-6-16(17)13-19(20)25-22(27)21-18-8-4-1-5-14(18)11-12-26(21)23(28)15-9-10-15/h1-8,15,19-21H,9-13,24H2,(H,25,27)/t19-,20-,21?/m0/s1. The van der Waals surface area contributed by atoms with Crippen LogP contribution in [0.25, 0.3) is 0 Å². The molecule has 3 atom stereocenters. The van der Waals surface area contributed by atoms with Gasteiger partial charge in [-0.05, 0) is 47.9 Å². The number of carbonyl (C=O) groups excluding carboxylic acids is 2. The summed E-state index contributed by atoms with van der Waals surface area (Å²) >= 11 is 0. The van der Waals surface area contributed by atoms with Crippen molar-refractivity contribution in [2.24, 2.45) is 11.7 Å². The van der Waals surface area contributed by atoms with Crippen LogP contribution < -0.4 is 11.1 Å². The van der Waals surface area contributed by atoms with Gasteiger partial charge in [-0.25, -0.2) is 0 Å². The van der Waals surface area contributed by atoms with Crippen LogP contribution in [0.4, 0.5) is 0 Å². The van der Waals surface area contributed by atoms with Crippen LogP contribution >= 0.6 is 0 Å². The van der Waals surface area contributed by atoms with Crippen molar-refractivity contribution in [1.29, 1.82) is 0 Å². The molecule has 28 heavy (non-hydrogen) atoms. The molecule has 2 amide bonds. The molecule has 0 saturated heterocycles. The van der Waals surface area contributed by atoms with Gasteiger partial charge in [0.1, 0.15) is 6.04 Å². The van der Waals surface area contributed by atoms with E-state index < -0.39 is 6.04 Å². The van der Waals surface area contributed by atoms with E-state index in [9.17, 15) is 9.59 Å². The topological polar surface area (TPSA) is 75.4 Å². The highest BCUT2D eigenvalue weighted by Crippen LogP contribution is 2.38. The van der Waals surface area contributed by atoms with Gasteiger partial charge in [-0.2, -0.15) is 0 Å². The Morgan fingerprint density at radius 1 is 0.964 bits per heavy atom. The molecule has 2 aliphatic carbocycles. The van der Waals surface area contributed by atoms with Crippen LogP contribution in [0.1, 0.15) is 47.2 Å². The third-order valence-corrected chi connectivity index (χ3v) is 6.36. The second kappa shape index (κ2) is 6.74. The summed E-state index contributed by atoms with van der Waals surface area (Å²) in [4.78, 5) is 28.1. The van der Waals surface area contributed by atoms with Crippen molar-refractivity contribution in [3.63, 3.8) is 0 Å². The van der Waals surface area contributed by atoms with Gasteiger partial charge in [0.15, 0.2) is 0 Å². The van der Waals surface area contributed by atoms with Crippen molar-refractivity contribution in [3.8, 4) is 0 Å². The van der Waals surface area contributed by atoms with Crippen molar-refractivity contribution in [2.45, 2.75) is 43.8 Å². The first-order chi connectivity index (χ1) is 13.6. The molecule has 2 aromatic carbocycles. The van der Waals surface area contributed by atoms with E-state index in [1.165, 1.54) is 5.56 Å². The minimum absolute atomic E-state index is 0.0959. The molecular weight excluding hydrogens is 350 g/mol. The first-order valence-corrected chi connectivity index (χ1v) is 10.2. The number of hydrogen-bond donors (Lipinski definition) is 2. The third kappa shape index (κ3) is 2.90. The Morgan fingerprint density at radius 2 is 1.64 bits per heavy atom. The number of carbonyl (C=O) groups is 2. The number of nitrogens with zero attached hydrogens (tertiary/aromatic N) is 1. The highest BCUT2D eigenvalue weighted by molar-refractivity contribution is 5.91. The van der Waals surface area contributed by atoms with Crippen LogP contribution in [0.3, 0.4) is 0 Å². The molecule has 3 aliphatic rings. The predicted molar refractivity (Wildman–Crippen MR) is 106 cm³/mol. The molecule has 5 heteroatoms. The van der Waals surface area contributed by atoms with E-state index in [1.807, 2.05) is 36.4 Å². The Morgan fingerprint density at radius 3 is 2.36 bits per heavy atom. The van der Waals surface area contributed by atoms with Gasteiger partial charge in [0, 0.05) is 12.5 Å². The van der Waals surface area contributed by atoms with Crippen LogP contribution in [-0.2, 0) is 22.4 Å². The van der Waals surface area contributed by atoms with E-state index in [0.717, 1.165) is 42.4 Å². The Balaban J connectivity index is 1.42. The first kappa shape index (κ1) is 17.4. The van der Waals surface area contributed by atoms with E-state index in [1.54, 1.807) is 4.90 Å². The summed E-state index contributed by atoms with van der Waals surface area (Å²) in [6.45, 7) is 0.599. The van der Waals surface area contributed by atoms with Gasteiger partial charge < -0.3 is 16.0 Å². The van der Waals surface area contributed by atoms with Gasteiger partial charge in [-0.3, -0.25) is 9.59 Å². The summed E-state index contributed by atoms with van der Waals surface area (Å²) in [5.74, 6) is 0.0987. The van der Waals surface area contributed by atoms with E-state index in [4.69, 9.17) is 5.73 Å². The van der Waals surface area contributed by atoms with E-state index in [0.29, 0.717) is 6.54 Å². The third-order valence-electron chi connectivity index (χ3n) is 6.36. The molecule has 5 rings (SSSR count). The monoisotopic (exact) mass is 375 g/mol. The zero-order valence-electron chi connectivity index (χ0n) is 15.8. The summed E-state index contributed by atoms with van der Waals surface area (Å²) in [5, 5.41) is 3.17. The van der Waals surface area contributed by atoms with Crippen LogP contribution in [0.15, 0.2) is 48.5 Å². The van der Waals surface area contributed by atoms with Gasteiger partial charge in [-0.1, -0.05) is 48.5 Å². The molecule has 1 heterocycles. The Labute approximate surface area is 164 Å². The van der Waals surface area contributed by atoms with Gasteiger partial charge in [0.25, 0.3) is 0 Å². The Hall–Kier alpha value is -2.66. The number of nitrogens with one attached hydrogen (secondary N) is 1. The van der Waals surface area contributed by atoms with E-state index >= 15 is 0 Å². The van der Waals surface area contributed by atoms with Crippen LogP contribution in [0, 0.1) is 5.92 Å². The second-order valence-corrected chi connectivity index (χ2v) is 8.20. The quantitative estimate of drug-likeness (QED) is 0.864. The highest BCUT2D eigenvalue weighted by Gasteiger charge is 2.42. The zero-order chi connectivity index (χ0) is 19.3. The second-order valence-electron chi connectivity index (χ2n) is 8.20. The fraction of sp³-hybridized carbons (Fsp3) is 0.391.